The van der Waals surface area contributed by atoms with Crippen LogP contribution >= 0.6 is 0 Å². The van der Waals surface area contributed by atoms with Gasteiger partial charge in [-0.3, -0.25) is 4.98 Å². The molecule has 17 heavy (non-hydrogen) atoms. The number of hydrogen-bond donors (Lipinski definition) is 1. The third kappa shape index (κ3) is 1.99. The van der Waals surface area contributed by atoms with E-state index in [1.807, 2.05) is 6.20 Å². The van der Waals surface area contributed by atoms with Gasteiger partial charge in [0.15, 0.2) is 0 Å². The van der Waals surface area contributed by atoms with Crippen molar-refractivity contribution >= 4 is 0 Å². The van der Waals surface area contributed by atoms with Gasteiger partial charge in [-0.25, -0.2) is 0 Å². The molecule has 0 spiro atoms. The minimum atomic E-state index is 0.647. The smallest absolute Gasteiger partial charge is 0.0482 e. The fourth-order valence-electron chi connectivity index (χ4n) is 3.88. The number of pyridine rings is 1. The summed E-state index contributed by atoms with van der Waals surface area (Å²) < 4.78 is 0. The maximum atomic E-state index is 4.64. The predicted octanol–water partition coefficient (Wildman–Crippen LogP) is 2.89. The molecular formula is C15H22N2. The largest absolute Gasteiger partial charge is 0.316 e. The van der Waals surface area contributed by atoms with Crippen LogP contribution in [-0.2, 0) is 6.42 Å². The molecule has 1 aromatic rings. The van der Waals surface area contributed by atoms with E-state index in [1.54, 1.807) is 0 Å². The normalized spacial score (nSPS) is 26.1. The van der Waals surface area contributed by atoms with Gasteiger partial charge in [-0.1, -0.05) is 18.9 Å². The fraction of sp³-hybridized carbons (Fsp3) is 0.667. The average molecular weight is 230 g/mol. The van der Waals surface area contributed by atoms with Gasteiger partial charge in [0.1, 0.15) is 0 Å². The van der Waals surface area contributed by atoms with Crippen molar-refractivity contribution in [3.8, 4) is 0 Å². The summed E-state index contributed by atoms with van der Waals surface area (Å²) in [6, 6.07) is 4.98. The SMILES string of the molecule is CNC(C1CCCC1)C1CCc2cccnc21. The first kappa shape index (κ1) is 11.2. The van der Waals surface area contributed by atoms with Crippen molar-refractivity contribution < 1.29 is 0 Å². The maximum Gasteiger partial charge on any atom is 0.0482 e. The number of fused-ring (bicyclic) bond motifs is 1. The highest BCUT2D eigenvalue weighted by Crippen LogP contribution is 2.40. The zero-order chi connectivity index (χ0) is 11.7. The summed E-state index contributed by atoms with van der Waals surface area (Å²) in [5, 5.41) is 3.59. The van der Waals surface area contributed by atoms with Crippen LogP contribution in [0.4, 0.5) is 0 Å². The lowest BCUT2D eigenvalue weighted by atomic mass is 9.85. The Bertz CT molecular complexity index is 382. The van der Waals surface area contributed by atoms with Crippen LogP contribution in [0.25, 0.3) is 0 Å². The molecule has 3 rings (SSSR count). The predicted molar refractivity (Wildman–Crippen MR) is 70.1 cm³/mol. The second kappa shape index (κ2) is 4.77. The number of aromatic nitrogens is 1. The highest BCUT2D eigenvalue weighted by Gasteiger charge is 2.35. The first-order chi connectivity index (χ1) is 8.40. The molecule has 2 atom stereocenters. The Kier molecular flexibility index (Phi) is 3.15. The van der Waals surface area contributed by atoms with Crippen LogP contribution in [0, 0.1) is 5.92 Å². The minimum absolute atomic E-state index is 0.647. The monoisotopic (exact) mass is 230 g/mol. The molecule has 2 heteroatoms. The second-order valence-corrected chi connectivity index (χ2v) is 5.55. The molecule has 2 aliphatic rings. The molecule has 0 aliphatic heterocycles. The summed E-state index contributed by atoms with van der Waals surface area (Å²) in [5.74, 6) is 1.53. The van der Waals surface area contributed by atoms with Gasteiger partial charge in [0.2, 0.25) is 0 Å². The summed E-state index contributed by atoms with van der Waals surface area (Å²) >= 11 is 0. The van der Waals surface area contributed by atoms with Crippen molar-refractivity contribution in [3.63, 3.8) is 0 Å². The number of hydrogen-bond acceptors (Lipinski definition) is 2. The standard InChI is InChI=1S/C15H22N2/c1-16-14(11-5-2-3-6-11)13-9-8-12-7-4-10-17-15(12)13/h4,7,10-11,13-14,16H,2-3,5-6,8-9H2,1H3. The van der Waals surface area contributed by atoms with Crippen molar-refractivity contribution in [2.45, 2.75) is 50.5 Å². The van der Waals surface area contributed by atoms with Gasteiger partial charge >= 0.3 is 0 Å². The fourth-order valence-corrected chi connectivity index (χ4v) is 3.88. The van der Waals surface area contributed by atoms with Crippen LogP contribution in [0.2, 0.25) is 0 Å². The summed E-state index contributed by atoms with van der Waals surface area (Å²) in [6.45, 7) is 0. The van der Waals surface area contributed by atoms with E-state index in [2.05, 4.69) is 29.5 Å². The van der Waals surface area contributed by atoms with Crippen LogP contribution in [0.3, 0.4) is 0 Å². The van der Waals surface area contributed by atoms with E-state index in [0.29, 0.717) is 12.0 Å². The summed E-state index contributed by atoms with van der Waals surface area (Å²) in [5.41, 5.74) is 2.86. The summed E-state index contributed by atoms with van der Waals surface area (Å²) in [6.07, 6.45) is 10.1. The van der Waals surface area contributed by atoms with Gasteiger partial charge in [-0.15, -0.1) is 0 Å². The Balaban J connectivity index is 1.84. The molecular weight excluding hydrogens is 208 g/mol. The van der Waals surface area contributed by atoms with Gasteiger partial charge < -0.3 is 5.32 Å². The lowest BCUT2D eigenvalue weighted by Crippen LogP contribution is -2.37. The Hall–Kier alpha value is -0.890. The number of aryl methyl sites for hydroxylation is 1. The number of nitrogens with zero attached hydrogens (tertiary/aromatic N) is 1. The molecule has 0 radical (unpaired) electrons. The summed E-state index contributed by atoms with van der Waals surface area (Å²) in [4.78, 5) is 4.64. The highest BCUT2D eigenvalue weighted by molar-refractivity contribution is 5.30. The third-order valence-corrected chi connectivity index (χ3v) is 4.68. The van der Waals surface area contributed by atoms with Gasteiger partial charge in [-0.2, -0.15) is 0 Å². The Morgan fingerprint density at radius 1 is 1.29 bits per heavy atom. The zero-order valence-corrected chi connectivity index (χ0v) is 10.7. The van der Waals surface area contributed by atoms with Crippen molar-refractivity contribution in [2.75, 3.05) is 7.05 Å². The van der Waals surface area contributed by atoms with E-state index < -0.39 is 0 Å². The van der Waals surface area contributed by atoms with Crippen molar-refractivity contribution in [3.05, 3.63) is 29.6 Å². The van der Waals surface area contributed by atoms with E-state index in [9.17, 15) is 0 Å². The number of rotatable bonds is 3. The van der Waals surface area contributed by atoms with Crippen molar-refractivity contribution in [1.29, 1.82) is 0 Å². The Labute approximate surface area is 104 Å². The zero-order valence-electron chi connectivity index (χ0n) is 10.7. The average Bonchev–Trinajstić information content (AvgIpc) is 3.01. The van der Waals surface area contributed by atoms with E-state index in [1.165, 1.54) is 49.8 Å². The molecule has 2 unspecified atom stereocenters. The number of nitrogens with one attached hydrogen (secondary N) is 1. The molecule has 92 valence electrons. The second-order valence-electron chi connectivity index (χ2n) is 5.55. The quantitative estimate of drug-likeness (QED) is 0.863. The van der Waals surface area contributed by atoms with E-state index in [0.717, 1.165) is 5.92 Å². The van der Waals surface area contributed by atoms with Gasteiger partial charge in [0.05, 0.1) is 0 Å². The van der Waals surface area contributed by atoms with Crippen LogP contribution in [0.15, 0.2) is 18.3 Å². The molecule has 2 nitrogen and oxygen atoms in total. The molecule has 1 aromatic heterocycles. The maximum absolute atomic E-state index is 4.64. The van der Waals surface area contributed by atoms with Crippen LogP contribution < -0.4 is 5.32 Å². The molecule has 2 aliphatic carbocycles. The lowest BCUT2D eigenvalue weighted by Gasteiger charge is -2.29. The van der Waals surface area contributed by atoms with E-state index in [4.69, 9.17) is 0 Å². The molecule has 1 heterocycles. The van der Waals surface area contributed by atoms with Gasteiger partial charge in [0.25, 0.3) is 0 Å². The third-order valence-electron chi connectivity index (χ3n) is 4.68. The molecule has 1 N–H and O–H groups in total. The number of likely N-dealkylation sites (N-methyl/N-ethyl adjacent to an activating group) is 1. The molecule has 1 saturated carbocycles. The Morgan fingerprint density at radius 3 is 2.88 bits per heavy atom. The minimum Gasteiger partial charge on any atom is -0.316 e. The Morgan fingerprint density at radius 2 is 2.12 bits per heavy atom. The van der Waals surface area contributed by atoms with Crippen molar-refractivity contribution in [1.82, 2.24) is 10.3 Å². The summed E-state index contributed by atoms with van der Waals surface area (Å²) in [7, 11) is 2.13. The lowest BCUT2D eigenvalue weighted by molar-refractivity contribution is 0.322. The molecule has 1 fully saturated rings. The first-order valence-electron chi connectivity index (χ1n) is 7.01. The van der Waals surface area contributed by atoms with E-state index >= 15 is 0 Å². The van der Waals surface area contributed by atoms with Gasteiger partial charge in [0, 0.05) is 23.9 Å². The molecule has 0 amide bonds. The molecule has 0 saturated heterocycles. The van der Waals surface area contributed by atoms with Crippen molar-refractivity contribution in [2.24, 2.45) is 5.92 Å². The first-order valence-corrected chi connectivity index (χ1v) is 7.01. The van der Waals surface area contributed by atoms with Crippen LogP contribution in [0.1, 0.15) is 49.3 Å². The van der Waals surface area contributed by atoms with Gasteiger partial charge in [-0.05, 0) is 50.3 Å². The van der Waals surface area contributed by atoms with Crippen LogP contribution in [-0.4, -0.2) is 18.1 Å². The molecule has 0 aromatic carbocycles. The van der Waals surface area contributed by atoms with Crippen LogP contribution in [0.5, 0.6) is 0 Å². The van der Waals surface area contributed by atoms with E-state index in [-0.39, 0.29) is 0 Å². The molecule has 0 bridgehead atoms. The highest BCUT2D eigenvalue weighted by atomic mass is 14.9. The topological polar surface area (TPSA) is 24.9 Å².